The number of hydrogen-bond acceptors (Lipinski definition) is 3. The molecule has 0 fully saturated rings. The lowest BCUT2D eigenvalue weighted by Crippen LogP contribution is -2.26. The van der Waals surface area contributed by atoms with E-state index in [1.807, 2.05) is 18.1 Å². The fourth-order valence-corrected chi connectivity index (χ4v) is 0.402. The summed E-state index contributed by atoms with van der Waals surface area (Å²) in [4.78, 5) is 4.64. The molecule has 1 rings (SSSR count). The SMILES string of the molecule is CCN1C=CON1. The first kappa shape index (κ1) is 4.46. The summed E-state index contributed by atoms with van der Waals surface area (Å²) in [5.41, 5.74) is 2.63. The van der Waals surface area contributed by atoms with Crippen molar-refractivity contribution in [2.24, 2.45) is 0 Å². The standard InChI is InChI=1S/C4H8N2O/c1-2-6-3-4-7-5-6/h3-5H,2H2,1H3. The number of nitrogens with zero attached hydrogens (tertiary/aromatic N) is 1. The van der Waals surface area contributed by atoms with Gasteiger partial charge in [0.2, 0.25) is 0 Å². The van der Waals surface area contributed by atoms with E-state index in [2.05, 4.69) is 10.4 Å². The summed E-state index contributed by atoms with van der Waals surface area (Å²) in [5.74, 6) is 0. The lowest BCUT2D eigenvalue weighted by atomic mass is 10.7. The van der Waals surface area contributed by atoms with Gasteiger partial charge in [-0.3, -0.25) is 5.01 Å². The summed E-state index contributed by atoms with van der Waals surface area (Å²) < 4.78 is 0. The van der Waals surface area contributed by atoms with Crippen molar-refractivity contribution < 1.29 is 4.84 Å². The molecule has 7 heavy (non-hydrogen) atoms. The lowest BCUT2D eigenvalue weighted by molar-refractivity contribution is 0.0394. The largest absolute Gasteiger partial charge is 0.395 e. The lowest BCUT2D eigenvalue weighted by Gasteiger charge is -2.08. The van der Waals surface area contributed by atoms with Gasteiger partial charge in [0.15, 0.2) is 0 Å². The Labute approximate surface area is 42.5 Å². The Hall–Kier alpha value is -0.700. The third-order valence-electron chi connectivity index (χ3n) is 0.819. The van der Waals surface area contributed by atoms with Gasteiger partial charge in [0, 0.05) is 6.54 Å². The summed E-state index contributed by atoms with van der Waals surface area (Å²) in [7, 11) is 0. The average molecular weight is 100 g/mol. The van der Waals surface area contributed by atoms with Crippen molar-refractivity contribution in [1.82, 2.24) is 10.6 Å². The molecule has 0 unspecified atom stereocenters. The molecular weight excluding hydrogens is 92.1 g/mol. The van der Waals surface area contributed by atoms with Crippen molar-refractivity contribution in [3.63, 3.8) is 0 Å². The highest BCUT2D eigenvalue weighted by molar-refractivity contribution is 4.73. The quantitative estimate of drug-likeness (QED) is 0.510. The summed E-state index contributed by atoms with van der Waals surface area (Å²) in [6.45, 7) is 2.96. The maximum absolute atomic E-state index is 4.64. The van der Waals surface area contributed by atoms with Crippen LogP contribution in [0, 0.1) is 0 Å². The van der Waals surface area contributed by atoms with Crippen LogP contribution < -0.4 is 5.59 Å². The Bertz CT molecular complexity index is 81.8. The number of hydrazine groups is 1. The van der Waals surface area contributed by atoms with Gasteiger partial charge >= 0.3 is 0 Å². The smallest absolute Gasteiger partial charge is 0.131 e. The minimum atomic E-state index is 0.927. The second-order valence-electron chi connectivity index (χ2n) is 1.28. The topological polar surface area (TPSA) is 24.5 Å². The van der Waals surface area contributed by atoms with Gasteiger partial charge in [0.25, 0.3) is 0 Å². The van der Waals surface area contributed by atoms with Crippen LogP contribution in [0.15, 0.2) is 12.5 Å². The van der Waals surface area contributed by atoms with E-state index in [-0.39, 0.29) is 0 Å². The molecule has 0 aliphatic carbocycles. The monoisotopic (exact) mass is 100 g/mol. The van der Waals surface area contributed by atoms with Crippen LogP contribution in [0.1, 0.15) is 6.92 Å². The van der Waals surface area contributed by atoms with Gasteiger partial charge in [0.05, 0.1) is 6.20 Å². The second kappa shape index (κ2) is 1.84. The molecule has 1 N–H and O–H groups in total. The Morgan fingerprint density at radius 3 is 3.00 bits per heavy atom. The third kappa shape index (κ3) is 0.838. The van der Waals surface area contributed by atoms with Crippen molar-refractivity contribution >= 4 is 0 Å². The highest BCUT2D eigenvalue weighted by atomic mass is 16.7. The second-order valence-corrected chi connectivity index (χ2v) is 1.28. The fraction of sp³-hybridized carbons (Fsp3) is 0.500. The van der Waals surface area contributed by atoms with Gasteiger partial charge in [-0.05, 0) is 6.92 Å². The van der Waals surface area contributed by atoms with Crippen molar-refractivity contribution in [2.45, 2.75) is 6.92 Å². The first-order valence-electron chi connectivity index (χ1n) is 2.28. The molecule has 0 saturated carbocycles. The summed E-state index contributed by atoms with van der Waals surface area (Å²) >= 11 is 0. The van der Waals surface area contributed by atoms with Gasteiger partial charge in [-0.15, -0.1) is 0 Å². The van der Waals surface area contributed by atoms with Crippen molar-refractivity contribution in [1.29, 1.82) is 0 Å². The molecule has 3 nitrogen and oxygen atoms in total. The predicted octanol–water partition coefficient (Wildman–Crippen LogP) is 0.229. The third-order valence-corrected chi connectivity index (χ3v) is 0.819. The van der Waals surface area contributed by atoms with Gasteiger partial charge in [-0.2, -0.15) is 0 Å². The molecule has 0 aromatic heterocycles. The molecule has 1 heterocycles. The minimum Gasteiger partial charge on any atom is -0.395 e. The highest BCUT2D eigenvalue weighted by Crippen LogP contribution is 1.90. The maximum atomic E-state index is 4.64. The van der Waals surface area contributed by atoms with Crippen molar-refractivity contribution in [3.8, 4) is 0 Å². The van der Waals surface area contributed by atoms with Crippen LogP contribution in [-0.4, -0.2) is 11.6 Å². The maximum Gasteiger partial charge on any atom is 0.131 e. The Kier molecular flexibility index (Phi) is 1.17. The molecule has 0 atom stereocenters. The van der Waals surface area contributed by atoms with Gasteiger partial charge in [-0.25, -0.2) is 0 Å². The van der Waals surface area contributed by atoms with E-state index in [4.69, 9.17) is 0 Å². The van der Waals surface area contributed by atoms with Crippen LogP contribution in [0.2, 0.25) is 0 Å². The molecule has 0 aromatic carbocycles. The molecule has 0 bridgehead atoms. The number of hydrogen-bond donors (Lipinski definition) is 1. The molecule has 0 radical (unpaired) electrons. The zero-order valence-corrected chi connectivity index (χ0v) is 4.22. The minimum absolute atomic E-state index is 0.927. The normalized spacial score (nSPS) is 17.6. The molecule has 0 amide bonds. The first-order chi connectivity index (χ1) is 3.43. The van der Waals surface area contributed by atoms with Crippen LogP contribution in [0.25, 0.3) is 0 Å². The van der Waals surface area contributed by atoms with Crippen molar-refractivity contribution in [3.05, 3.63) is 12.5 Å². The summed E-state index contributed by atoms with van der Waals surface area (Å²) in [5, 5.41) is 1.83. The Balaban J connectivity index is 2.28. The molecule has 1 aliphatic rings. The summed E-state index contributed by atoms with van der Waals surface area (Å²) in [6, 6.07) is 0. The molecule has 1 aliphatic heterocycles. The van der Waals surface area contributed by atoms with E-state index in [1.165, 1.54) is 0 Å². The predicted molar refractivity (Wildman–Crippen MR) is 25.7 cm³/mol. The highest BCUT2D eigenvalue weighted by Gasteiger charge is 1.96. The van der Waals surface area contributed by atoms with E-state index in [0.717, 1.165) is 6.54 Å². The van der Waals surface area contributed by atoms with Crippen molar-refractivity contribution in [2.75, 3.05) is 6.54 Å². The van der Waals surface area contributed by atoms with E-state index in [1.54, 1.807) is 6.26 Å². The van der Waals surface area contributed by atoms with Crippen LogP contribution in [0.5, 0.6) is 0 Å². The zero-order valence-electron chi connectivity index (χ0n) is 4.22. The molecule has 0 saturated heterocycles. The van der Waals surface area contributed by atoms with E-state index < -0.39 is 0 Å². The first-order valence-corrected chi connectivity index (χ1v) is 2.28. The van der Waals surface area contributed by atoms with E-state index in [9.17, 15) is 0 Å². The van der Waals surface area contributed by atoms with Crippen LogP contribution >= 0.6 is 0 Å². The average Bonchev–Trinajstić information content (AvgIpc) is 2.14. The van der Waals surface area contributed by atoms with Crippen LogP contribution in [0.4, 0.5) is 0 Å². The Morgan fingerprint density at radius 1 is 1.86 bits per heavy atom. The van der Waals surface area contributed by atoms with E-state index in [0.29, 0.717) is 0 Å². The molecule has 0 aromatic rings. The molecule has 40 valence electrons. The van der Waals surface area contributed by atoms with Crippen LogP contribution in [-0.2, 0) is 4.84 Å². The zero-order chi connectivity index (χ0) is 5.11. The summed E-state index contributed by atoms with van der Waals surface area (Å²) in [6.07, 6.45) is 3.43. The molecular formula is C4H8N2O. The number of nitrogens with one attached hydrogen (secondary N) is 1. The fourth-order valence-electron chi connectivity index (χ4n) is 0.402. The Morgan fingerprint density at radius 2 is 2.71 bits per heavy atom. The van der Waals surface area contributed by atoms with Crippen LogP contribution in [0.3, 0.4) is 0 Å². The number of rotatable bonds is 1. The van der Waals surface area contributed by atoms with E-state index >= 15 is 0 Å². The van der Waals surface area contributed by atoms with Gasteiger partial charge in [-0.1, -0.05) is 5.59 Å². The van der Waals surface area contributed by atoms with Gasteiger partial charge in [0.1, 0.15) is 6.26 Å². The van der Waals surface area contributed by atoms with Gasteiger partial charge < -0.3 is 4.84 Å². The molecule has 3 heteroatoms. The molecule has 0 spiro atoms.